The first-order valence-corrected chi connectivity index (χ1v) is 5.15. The van der Waals surface area contributed by atoms with Crippen LogP contribution in [0, 0.1) is 0 Å². The van der Waals surface area contributed by atoms with E-state index in [9.17, 15) is 4.79 Å². The van der Waals surface area contributed by atoms with Crippen molar-refractivity contribution in [2.45, 2.75) is 31.7 Å². The molecule has 15 heavy (non-hydrogen) atoms. The summed E-state index contributed by atoms with van der Waals surface area (Å²) in [6.45, 7) is 1.88. The molecule has 1 aliphatic rings. The van der Waals surface area contributed by atoms with Gasteiger partial charge in [-0.1, -0.05) is 37.3 Å². The van der Waals surface area contributed by atoms with Gasteiger partial charge in [0.2, 0.25) is 5.91 Å². The Balaban J connectivity index is 0.00000112. The summed E-state index contributed by atoms with van der Waals surface area (Å²) >= 11 is 0. The molecule has 1 aromatic carbocycles. The highest BCUT2D eigenvalue weighted by molar-refractivity contribution is 5.85. The Morgan fingerprint density at radius 2 is 2.07 bits per heavy atom. The minimum atomic E-state index is 0. The van der Waals surface area contributed by atoms with Crippen molar-refractivity contribution in [3.8, 4) is 0 Å². The molecule has 2 nitrogen and oxygen atoms in total. The molecule has 2 rings (SSSR count). The van der Waals surface area contributed by atoms with Crippen molar-refractivity contribution >= 4 is 18.3 Å². The smallest absolute Gasteiger partial charge is 0.219 e. The molecule has 1 fully saturated rings. The highest BCUT2D eigenvalue weighted by Crippen LogP contribution is 2.40. The molecule has 0 spiro atoms. The third-order valence-corrected chi connectivity index (χ3v) is 2.69. The molecule has 0 unspecified atom stereocenters. The minimum Gasteiger partial charge on any atom is -0.353 e. The molecule has 0 radical (unpaired) electrons. The lowest BCUT2D eigenvalue weighted by Crippen LogP contribution is -2.25. The maximum absolute atomic E-state index is 11.1. The van der Waals surface area contributed by atoms with Crippen molar-refractivity contribution in [3.63, 3.8) is 0 Å². The second kappa shape index (κ2) is 5.17. The molecule has 1 N–H and O–H groups in total. The Kier molecular flexibility index (Phi) is 4.15. The van der Waals surface area contributed by atoms with Crippen molar-refractivity contribution < 1.29 is 4.79 Å². The van der Waals surface area contributed by atoms with E-state index >= 15 is 0 Å². The molecule has 0 heterocycles. The van der Waals surface area contributed by atoms with Crippen LogP contribution in [0.4, 0.5) is 0 Å². The second-order valence-corrected chi connectivity index (χ2v) is 3.78. The fraction of sp³-hybridized carbons (Fsp3) is 0.417. The van der Waals surface area contributed by atoms with Crippen LogP contribution in [-0.2, 0) is 4.79 Å². The molecule has 2 atom stereocenters. The standard InChI is InChI=1S/C12H15NO.ClH/c1-2-12(14)13-11-8-10(11)9-6-4-3-5-7-9;/h3-7,10-11H,2,8H2,1H3,(H,13,14);1H/t10-,11+;/m1./s1. The molecule has 0 aromatic heterocycles. The predicted molar refractivity (Wildman–Crippen MR) is 63.3 cm³/mol. The van der Waals surface area contributed by atoms with Crippen LogP contribution in [0.15, 0.2) is 30.3 Å². The van der Waals surface area contributed by atoms with E-state index in [0.29, 0.717) is 18.4 Å². The Hall–Kier alpha value is -1.02. The first-order valence-electron chi connectivity index (χ1n) is 5.15. The zero-order valence-electron chi connectivity index (χ0n) is 8.77. The Bertz CT molecular complexity index is 326. The summed E-state index contributed by atoms with van der Waals surface area (Å²) < 4.78 is 0. The fourth-order valence-corrected chi connectivity index (χ4v) is 1.73. The zero-order valence-corrected chi connectivity index (χ0v) is 9.59. The summed E-state index contributed by atoms with van der Waals surface area (Å²) in [6.07, 6.45) is 1.67. The average Bonchev–Trinajstić information content (AvgIpc) is 2.98. The molecule has 3 heteroatoms. The van der Waals surface area contributed by atoms with Gasteiger partial charge >= 0.3 is 0 Å². The zero-order chi connectivity index (χ0) is 9.97. The first-order chi connectivity index (χ1) is 6.81. The van der Waals surface area contributed by atoms with Gasteiger partial charge in [0.25, 0.3) is 0 Å². The topological polar surface area (TPSA) is 29.1 Å². The SMILES string of the molecule is CCC(=O)N[C@H]1C[C@@H]1c1ccccc1.Cl. The predicted octanol–water partition coefficient (Wildman–Crippen LogP) is 2.49. The molecular weight excluding hydrogens is 210 g/mol. The number of benzene rings is 1. The van der Waals surface area contributed by atoms with Crippen molar-refractivity contribution in [2.24, 2.45) is 0 Å². The van der Waals surface area contributed by atoms with Gasteiger partial charge in [0.1, 0.15) is 0 Å². The normalized spacial score (nSPS) is 22.7. The number of carbonyl (C=O) groups is 1. The van der Waals surface area contributed by atoms with E-state index in [-0.39, 0.29) is 18.3 Å². The van der Waals surface area contributed by atoms with Gasteiger partial charge in [-0.05, 0) is 12.0 Å². The average molecular weight is 226 g/mol. The fourth-order valence-electron chi connectivity index (χ4n) is 1.73. The van der Waals surface area contributed by atoms with E-state index in [1.54, 1.807) is 0 Å². The first kappa shape index (κ1) is 12.1. The van der Waals surface area contributed by atoms with Gasteiger partial charge in [-0.25, -0.2) is 0 Å². The number of carbonyl (C=O) groups excluding carboxylic acids is 1. The summed E-state index contributed by atoms with van der Waals surface area (Å²) in [4.78, 5) is 11.1. The Morgan fingerprint density at radius 3 is 2.67 bits per heavy atom. The van der Waals surface area contributed by atoms with E-state index in [1.807, 2.05) is 25.1 Å². The van der Waals surface area contributed by atoms with E-state index in [4.69, 9.17) is 0 Å². The van der Waals surface area contributed by atoms with Crippen LogP contribution in [0.1, 0.15) is 31.2 Å². The van der Waals surface area contributed by atoms with Crippen LogP contribution in [0.2, 0.25) is 0 Å². The van der Waals surface area contributed by atoms with Gasteiger partial charge in [0, 0.05) is 18.4 Å². The van der Waals surface area contributed by atoms with E-state index in [1.165, 1.54) is 5.56 Å². The third kappa shape index (κ3) is 2.96. The van der Waals surface area contributed by atoms with Gasteiger partial charge in [-0.15, -0.1) is 12.4 Å². The lowest BCUT2D eigenvalue weighted by Gasteiger charge is -2.02. The summed E-state index contributed by atoms with van der Waals surface area (Å²) in [6, 6.07) is 10.8. The van der Waals surface area contributed by atoms with Crippen molar-refractivity contribution in [3.05, 3.63) is 35.9 Å². The molecule has 0 saturated heterocycles. The summed E-state index contributed by atoms with van der Waals surface area (Å²) in [5, 5.41) is 3.01. The molecule has 82 valence electrons. The van der Waals surface area contributed by atoms with Crippen LogP contribution < -0.4 is 5.32 Å². The monoisotopic (exact) mass is 225 g/mol. The number of halogens is 1. The number of hydrogen-bond acceptors (Lipinski definition) is 1. The molecular formula is C12H16ClNO. The van der Waals surface area contributed by atoms with Crippen LogP contribution in [0.3, 0.4) is 0 Å². The second-order valence-electron chi connectivity index (χ2n) is 3.78. The number of amides is 1. The molecule has 1 saturated carbocycles. The largest absolute Gasteiger partial charge is 0.353 e. The lowest BCUT2D eigenvalue weighted by atomic mass is 10.1. The molecule has 1 aromatic rings. The van der Waals surface area contributed by atoms with Crippen LogP contribution in [-0.4, -0.2) is 11.9 Å². The van der Waals surface area contributed by atoms with E-state index < -0.39 is 0 Å². The van der Waals surface area contributed by atoms with Crippen LogP contribution in [0.5, 0.6) is 0 Å². The Labute approximate surface area is 96.5 Å². The van der Waals surface area contributed by atoms with E-state index in [0.717, 1.165) is 6.42 Å². The highest BCUT2D eigenvalue weighted by atomic mass is 35.5. The molecule has 0 bridgehead atoms. The van der Waals surface area contributed by atoms with Gasteiger partial charge < -0.3 is 5.32 Å². The van der Waals surface area contributed by atoms with Crippen molar-refractivity contribution in [1.29, 1.82) is 0 Å². The minimum absolute atomic E-state index is 0. The highest BCUT2D eigenvalue weighted by Gasteiger charge is 2.38. The Morgan fingerprint density at radius 1 is 1.40 bits per heavy atom. The maximum Gasteiger partial charge on any atom is 0.219 e. The third-order valence-electron chi connectivity index (χ3n) is 2.69. The number of hydrogen-bond donors (Lipinski definition) is 1. The van der Waals surface area contributed by atoms with Crippen molar-refractivity contribution in [1.82, 2.24) is 5.32 Å². The maximum atomic E-state index is 11.1. The number of nitrogens with one attached hydrogen (secondary N) is 1. The molecule has 1 amide bonds. The summed E-state index contributed by atoms with van der Waals surface area (Å²) in [5.41, 5.74) is 1.34. The van der Waals surface area contributed by atoms with Gasteiger partial charge in [-0.2, -0.15) is 0 Å². The van der Waals surface area contributed by atoms with Gasteiger partial charge in [0.15, 0.2) is 0 Å². The van der Waals surface area contributed by atoms with Gasteiger partial charge in [0.05, 0.1) is 0 Å². The van der Waals surface area contributed by atoms with Crippen LogP contribution in [0.25, 0.3) is 0 Å². The van der Waals surface area contributed by atoms with Crippen molar-refractivity contribution in [2.75, 3.05) is 0 Å². The van der Waals surface area contributed by atoms with Gasteiger partial charge in [-0.3, -0.25) is 4.79 Å². The summed E-state index contributed by atoms with van der Waals surface area (Å²) in [7, 11) is 0. The molecule has 1 aliphatic carbocycles. The molecule has 0 aliphatic heterocycles. The summed E-state index contributed by atoms with van der Waals surface area (Å²) in [5.74, 6) is 0.708. The lowest BCUT2D eigenvalue weighted by molar-refractivity contribution is -0.120. The number of rotatable bonds is 3. The van der Waals surface area contributed by atoms with E-state index in [2.05, 4.69) is 17.4 Å². The quantitative estimate of drug-likeness (QED) is 0.842. The van der Waals surface area contributed by atoms with Crippen LogP contribution >= 0.6 is 12.4 Å².